The second kappa shape index (κ2) is 5.18. The first kappa shape index (κ1) is 12.6. The van der Waals surface area contributed by atoms with Gasteiger partial charge in [0.2, 0.25) is 0 Å². The smallest absolute Gasteiger partial charge is 0.338 e. The standard InChI is InChI=1S/C13H16N2O3/c1-4-18-13(16)10-5-6-15-11(8-17-3)9(2)14-12(15)7-10/h5-7H,4,8H2,1-3H3. The summed E-state index contributed by atoms with van der Waals surface area (Å²) in [5, 5.41) is 0. The molecule has 18 heavy (non-hydrogen) atoms. The number of aromatic nitrogens is 2. The summed E-state index contributed by atoms with van der Waals surface area (Å²) in [5.41, 5.74) is 3.13. The second-order valence-electron chi connectivity index (χ2n) is 3.94. The van der Waals surface area contributed by atoms with Gasteiger partial charge in [-0.3, -0.25) is 0 Å². The van der Waals surface area contributed by atoms with Crippen LogP contribution in [-0.2, 0) is 16.1 Å². The number of hydrogen-bond acceptors (Lipinski definition) is 4. The molecule has 0 aromatic carbocycles. The molecule has 0 unspecified atom stereocenters. The van der Waals surface area contributed by atoms with Crippen molar-refractivity contribution >= 4 is 11.6 Å². The average molecular weight is 248 g/mol. The fraction of sp³-hybridized carbons (Fsp3) is 0.385. The zero-order valence-electron chi connectivity index (χ0n) is 10.8. The van der Waals surface area contributed by atoms with Gasteiger partial charge in [-0.2, -0.15) is 0 Å². The molecule has 2 rings (SSSR count). The highest BCUT2D eigenvalue weighted by atomic mass is 16.5. The van der Waals surface area contributed by atoms with Gasteiger partial charge in [0.1, 0.15) is 5.65 Å². The van der Waals surface area contributed by atoms with Gasteiger partial charge >= 0.3 is 5.97 Å². The van der Waals surface area contributed by atoms with Crippen molar-refractivity contribution in [1.82, 2.24) is 9.38 Å². The van der Waals surface area contributed by atoms with Crippen LogP contribution in [0.2, 0.25) is 0 Å². The third kappa shape index (κ3) is 2.22. The molecule has 0 atom stereocenters. The number of aryl methyl sites for hydroxylation is 1. The molecule has 0 bridgehead atoms. The second-order valence-corrected chi connectivity index (χ2v) is 3.94. The number of ether oxygens (including phenoxy) is 2. The maximum atomic E-state index is 11.6. The number of carbonyl (C=O) groups excluding carboxylic acids is 1. The number of hydrogen-bond donors (Lipinski definition) is 0. The number of nitrogens with zero attached hydrogens (tertiary/aromatic N) is 2. The highest BCUT2D eigenvalue weighted by molar-refractivity contribution is 5.90. The van der Waals surface area contributed by atoms with Crippen molar-refractivity contribution in [2.24, 2.45) is 0 Å². The molecule has 2 aromatic rings. The third-order valence-corrected chi connectivity index (χ3v) is 2.72. The fourth-order valence-electron chi connectivity index (χ4n) is 1.87. The van der Waals surface area contributed by atoms with Crippen molar-refractivity contribution in [1.29, 1.82) is 0 Å². The molecule has 0 aliphatic heterocycles. The van der Waals surface area contributed by atoms with Crippen LogP contribution in [0.5, 0.6) is 0 Å². The predicted molar refractivity (Wildman–Crippen MR) is 66.6 cm³/mol. The van der Waals surface area contributed by atoms with Crippen LogP contribution in [0.4, 0.5) is 0 Å². The largest absolute Gasteiger partial charge is 0.462 e. The lowest BCUT2D eigenvalue weighted by Crippen LogP contribution is -2.05. The van der Waals surface area contributed by atoms with E-state index in [0.717, 1.165) is 17.0 Å². The highest BCUT2D eigenvalue weighted by Gasteiger charge is 2.12. The molecule has 0 amide bonds. The molecule has 0 saturated carbocycles. The first-order valence-electron chi connectivity index (χ1n) is 5.81. The Kier molecular flexibility index (Phi) is 3.62. The van der Waals surface area contributed by atoms with Crippen LogP contribution < -0.4 is 0 Å². The number of esters is 1. The normalized spacial score (nSPS) is 10.8. The minimum Gasteiger partial charge on any atom is -0.462 e. The molecule has 0 spiro atoms. The number of pyridine rings is 1. The van der Waals surface area contributed by atoms with Crippen molar-refractivity contribution in [3.05, 3.63) is 35.3 Å². The van der Waals surface area contributed by atoms with E-state index in [9.17, 15) is 4.79 Å². The summed E-state index contributed by atoms with van der Waals surface area (Å²) >= 11 is 0. The lowest BCUT2D eigenvalue weighted by Gasteiger charge is -2.04. The van der Waals surface area contributed by atoms with Crippen LogP contribution in [0.25, 0.3) is 5.65 Å². The molecular formula is C13H16N2O3. The lowest BCUT2D eigenvalue weighted by molar-refractivity contribution is 0.0526. The minimum absolute atomic E-state index is 0.325. The Morgan fingerprint density at radius 2 is 2.28 bits per heavy atom. The summed E-state index contributed by atoms with van der Waals surface area (Å²) in [6.07, 6.45) is 1.82. The predicted octanol–water partition coefficient (Wildman–Crippen LogP) is 1.97. The topological polar surface area (TPSA) is 52.8 Å². The molecule has 96 valence electrons. The van der Waals surface area contributed by atoms with Crippen molar-refractivity contribution in [3.63, 3.8) is 0 Å². The van der Waals surface area contributed by atoms with E-state index in [1.165, 1.54) is 0 Å². The van der Waals surface area contributed by atoms with E-state index in [2.05, 4.69) is 4.98 Å². The molecule has 5 nitrogen and oxygen atoms in total. The van der Waals surface area contributed by atoms with E-state index in [1.54, 1.807) is 26.2 Å². The molecular weight excluding hydrogens is 232 g/mol. The van der Waals surface area contributed by atoms with Gasteiger partial charge in [-0.15, -0.1) is 0 Å². The number of rotatable bonds is 4. The van der Waals surface area contributed by atoms with Crippen molar-refractivity contribution in [3.8, 4) is 0 Å². The molecule has 5 heteroatoms. The van der Waals surface area contributed by atoms with Crippen LogP contribution in [0.1, 0.15) is 28.7 Å². The number of imidazole rings is 1. The molecule has 2 aromatic heterocycles. The quantitative estimate of drug-likeness (QED) is 0.776. The molecule has 0 aliphatic rings. The maximum Gasteiger partial charge on any atom is 0.338 e. The van der Waals surface area contributed by atoms with Crippen LogP contribution in [-0.4, -0.2) is 29.1 Å². The maximum absolute atomic E-state index is 11.6. The van der Waals surface area contributed by atoms with E-state index in [4.69, 9.17) is 9.47 Å². The molecule has 0 saturated heterocycles. The molecule has 0 aliphatic carbocycles. The van der Waals surface area contributed by atoms with Gasteiger partial charge in [0.15, 0.2) is 0 Å². The Morgan fingerprint density at radius 1 is 1.50 bits per heavy atom. The van der Waals surface area contributed by atoms with E-state index in [-0.39, 0.29) is 5.97 Å². The molecule has 0 N–H and O–H groups in total. The average Bonchev–Trinajstić information content (AvgIpc) is 2.66. The molecule has 0 radical (unpaired) electrons. The van der Waals surface area contributed by atoms with Crippen LogP contribution in [0, 0.1) is 6.92 Å². The zero-order chi connectivity index (χ0) is 13.1. The van der Waals surface area contributed by atoms with Gasteiger partial charge < -0.3 is 13.9 Å². The zero-order valence-corrected chi connectivity index (χ0v) is 10.8. The summed E-state index contributed by atoms with van der Waals surface area (Å²) in [7, 11) is 1.64. The number of methoxy groups -OCH3 is 1. The summed E-state index contributed by atoms with van der Waals surface area (Å²) in [4.78, 5) is 16.0. The van der Waals surface area contributed by atoms with Crippen LogP contribution in [0.3, 0.4) is 0 Å². The van der Waals surface area contributed by atoms with Crippen LogP contribution >= 0.6 is 0 Å². The highest BCUT2D eigenvalue weighted by Crippen LogP contribution is 2.15. The SMILES string of the molecule is CCOC(=O)c1ccn2c(COC)c(C)nc2c1. The number of carbonyl (C=O) groups is 1. The third-order valence-electron chi connectivity index (χ3n) is 2.72. The molecule has 0 fully saturated rings. The molecule has 2 heterocycles. The van der Waals surface area contributed by atoms with E-state index in [1.807, 2.05) is 17.5 Å². The van der Waals surface area contributed by atoms with E-state index in [0.29, 0.717) is 18.8 Å². The van der Waals surface area contributed by atoms with Crippen molar-refractivity contribution in [2.45, 2.75) is 20.5 Å². The first-order chi connectivity index (χ1) is 8.67. The number of fused-ring (bicyclic) bond motifs is 1. The van der Waals surface area contributed by atoms with Gasteiger partial charge in [0.05, 0.1) is 30.2 Å². The van der Waals surface area contributed by atoms with Gasteiger partial charge in [-0.1, -0.05) is 0 Å². The van der Waals surface area contributed by atoms with Gasteiger partial charge in [0, 0.05) is 13.3 Å². The van der Waals surface area contributed by atoms with Crippen LogP contribution in [0.15, 0.2) is 18.3 Å². The fourth-order valence-corrected chi connectivity index (χ4v) is 1.87. The summed E-state index contributed by atoms with van der Waals surface area (Å²) in [6, 6.07) is 3.45. The Hall–Kier alpha value is -1.88. The minimum atomic E-state index is -0.325. The Balaban J connectivity index is 2.44. The Bertz CT molecular complexity index is 575. The van der Waals surface area contributed by atoms with E-state index >= 15 is 0 Å². The van der Waals surface area contributed by atoms with Gasteiger partial charge in [0.25, 0.3) is 0 Å². The lowest BCUT2D eigenvalue weighted by atomic mass is 10.2. The Labute approximate surface area is 105 Å². The monoisotopic (exact) mass is 248 g/mol. The summed E-state index contributed by atoms with van der Waals surface area (Å²) in [6.45, 7) is 4.57. The Morgan fingerprint density at radius 3 is 2.94 bits per heavy atom. The summed E-state index contributed by atoms with van der Waals surface area (Å²) in [5.74, 6) is -0.325. The first-order valence-corrected chi connectivity index (χ1v) is 5.81. The van der Waals surface area contributed by atoms with Gasteiger partial charge in [-0.05, 0) is 26.0 Å². The summed E-state index contributed by atoms with van der Waals surface area (Å²) < 4.78 is 12.0. The van der Waals surface area contributed by atoms with Crippen molar-refractivity contribution < 1.29 is 14.3 Å². The van der Waals surface area contributed by atoms with Crippen molar-refractivity contribution in [2.75, 3.05) is 13.7 Å². The van der Waals surface area contributed by atoms with Gasteiger partial charge in [-0.25, -0.2) is 9.78 Å². The van der Waals surface area contributed by atoms with E-state index < -0.39 is 0 Å².